The van der Waals surface area contributed by atoms with E-state index >= 15 is 0 Å². The zero-order chi connectivity index (χ0) is 23.0. The molecule has 3 aliphatic carbocycles. The molecule has 0 aromatic rings. The number of alkyl halides is 9. The number of rotatable bonds is 5. The first kappa shape index (κ1) is 24.9. The Bertz CT molecular complexity index is 567. The van der Waals surface area contributed by atoms with Crippen LogP contribution in [0.1, 0.15) is 57.8 Å². The largest absolute Gasteiger partial charge is 0.522 e. The Morgan fingerprint density at radius 3 is 1.65 bits per heavy atom. The molecule has 0 aromatic heterocycles. The molecule has 3 aliphatic rings. The van der Waals surface area contributed by atoms with Gasteiger partial charge in [0, 0.05) is 19.3 Å². The summed E-state index contributed by atoms with van der Waals surface area (Å²) < 4.78 is 130. The zero-order valence-electron chi connectivity index (χ0n) is 16.8. The van der Waals surface area contributed by atoms with Gasteiger partial charge in [-0.05, 0) is 50.4 Å². The summed E-state index contributed by atoms with van der Waals surface area (Å²) in [5.74, 6) is -3.11. The maximum absolute atomic E-state index is 14.7. The minimum absolute atomic E-state index is 0.0476. The van der Waals surface area contributed by atoms with Gasteiger partial charge in [0.15, 0.2) is 0 Å². The molecular formula is C20H27F9O2. The summed E-state index contributed by atoms with van der Waals surface area (Å²) in [6.07, 6.45) is -20.1. The molecule has 0 amide bonds. The predicted octanol–water partition coefficient (Wildman–Crippen LogP) is 6.62. The van der Waals surface area contributed by atoms with Crippen LogP contribution in [0.4, 0.5) is 39.5 Å². The average molecular weight is 470 g/mol. The Hall–Kier alpha value is -0.710. The third-order valence-corrected chi connectivity index (χ3v) is 6.85. The Morgan fingerprint density at radius 2 is 1.13 bits per heavy atom. The van der Waals surface area contributed by atoms with Crippen molar-refractivity contribution >= 4 is 0 Å². The molecule has 11 heteroatoms. The van der Waals surface area contributed by atoms with E-state index in [1.807, 2.05) is 0 Å². The summed E-state index contributed by atoms with van der Waals surface area (Å²) >= 11 is 0. The number of halogens is 9. The van der Waals surface area contributed by atoms with Gasteiger partial charge in [-0.2, -0.15) is 8.78 Å². The first-order chi connectivity index (χ1) is 14.4. The third kappa shape index (κ3) is 6.42. The molecule has 0 heterocycles. The Morgan fingerprint density at radius 1 is 0.581 bits per heavy atom. The second-order valence-corrected chi connectivity index (χ2v) is 9.02. The number of hydrogen-bond acceptors (Lipinski definition) is 2. The summed E-state index contributed by atoms with van der Waals surface area (Å²) in [5, 5.41) is 0. The maximum atomic E-state index is 14.7. The summed E-state index contributed by atoms with van der Waals surface area (Å²) in [6, 6.07) is 0. The van der Waals surface area contributed by atoms with E-state index in [-0.39, 0.29) is 38.0 Å². The lowest BCUT2D eigenvalue weighted by Gasteiger charge is -2.42. The van der Waals surface area contributed by atoms with Gasteiger partial charge in [-0.3, -0.25) is 4.74 Å². The van der Waals surface area contributed by atoms with Crippen LogP contribution in [0.5, 0.6) is 0 Å². The van der Waals surface area contributed by atoms with Crippen molar-refractivity contribution < 1.29 is 49.0 Å². The molecule has 5 unspecified atom stereocenters. The van der Waals surface area contributed by atoms with Crippen LogP contribution in [0, 0.1) is 17.8 Å². The summed E-state index contributed by atoms with van der Waals surface area (Å²) in [6.45, 7) is 0. The molecule has 3 fully saturated rings. The van der Waals surface area contributed by atoms with Gasteiger partial charge in [0.05, 0.1) is 12.2 Å². The SMILES string of the molecule is FC1CC(F)C(C(F)(F)OC2CCC(C3CCC(OC(F)(F)F)CC3)C(F)C2)C(F)C1. The number of hydrogen-bond donors (Lipinski definition) is 0. The lowest BCUT2D eigenvalue weighted by Crippen LogP contribution is -2.50. The lowest BCUT2D eigenvalue weighted by molar-refractivity contribution is -0.346. The van der Waals surface area contributed by atoms with Crippen molar-refractivity contribution in [1.29, 1.82) is 0 Å². The molecule has 31 heavy (non-hydrogen) atoms. The smallest absolute Gasteiger partial charge is 0.317 e. The molecule has 182 valence electrons. The fraction of sp³-hybridized carbons (Fsp3) is 1.00. The highest BCUT2D eigenvalue weighted by atomic mass is 19.4. The fourth-order valence-corrected chi connectivity index (χ4v) is 5.39. The highest BCUT2D eigenvalue weighted by molar-refractivity contribution is 4.93. The van der Waals surface area contributed by atoms with E-state index in [0.29, 0.717) is 12.8 Å². The van der Waals surface area contributed by atoms with Crippen molar-refractivity contribution in [3.63, 3.8) is 0 Å². The van der Waals surface area contributed by atoms with Crippen LogP contribution in [0.3, 0.4) is 0 Å². The van der Waals surface area contributed by atoms with E-state index in [9.17, 15) is 39.5 Å². The van der Waals surface area contributed by atoms with Crippen LogP contribution in [0.2, 0.25) is 0 Å². The van der Waals surface area contributed by atoms with Gasteiger partial charge in [-0.25, -0.2) is 17.6 Å². The zero-order valence-corrected chi connectivity index (χ0v) is 16.8. The van der Waals surface area contributed by atoms with Crippen molar-refractivity contribution in [2.24, 2.45) is 17.8 Å². The van der Waals surface area contributed by atoms with Crippen molar-refractivity contribution in [3.8, 4) is 0 Å². The van der Waals surface area contributed by atoms with Crippen molar-refractivity contribution in [3.05, 3.63) is 0 Å². The van der Waals surface area contributed by atoms with E-state index in [1.54, 1.807) is 0 Å². The highest BCUT2D eigenvalue weighted by Crippen LogP contribution is 2.46. The number of ether oxygens (including phenoxy) is 2. The van der Waals surface area contributed by atoms with Crippen molar-refractivity contribution in [2.45, 2.75) is 107 Å². The van der Waals surface area contributed by atoms with Gasteiger partial charge in [0.2, 0.25) is 0 Å². The topological polar surface area (TPSA) is 18.5 Å². The summed E-state index contributed by atoms with van der Waals surface area (Å²) in [4.78, 5) is 0. The first-order valence-electron chi connectivity index (χ1n) is 10.7. The molecule has 3 rings (SSSR count). The Balaban J connectivity index is 1.50. The van der Waals surface area contributed by atoms with Gasteiger partial charge in [-0.1, -0.05) is 0 Å². The van der Waals surface area contributed by atoms with E-state index in [1.165, 1.54) is 0 Å². The standard InChI is InChI=1S/C20H27F9O2/c21-11-7-16(23)18(17(24)8-11)19(25,26)30-13-5-6-14(15(22)9-13)10-1-3-12(4-2-10)31-20(27,28)29/h10-18H,1-9H2. The Labute approximate surface area is 174 Å². The molecule has 0 N–H and O–H groups in total. The molecule has 0 radical (unpaired) electrons. The molecule has 0 bridgehead atoms. The van der Waals surface area contributed by atoms with Crippen molar-refractivity contribution in [2.75, 3.05) is 0 Å². The molecule has 0 saturated heterocycles. The van der Waals surface area contributed by atoms with Gasteiger partial charge >= 0.3 is 12.5 Å². The summed E-state index contributed by atoms with van der Waals surface area (Å²) in [7, 11) is 0. The van der Waals surface area contributed by atoms with Crippen LogP contribution >= 0.6 is 0 Å². The van der Waals surface area contributed by atoms with Crippen molar-refractivity contribution in [1.82, 2.24) is 0 Å². The van der Waals surface area contributed by atoms with Crippen LogP contribution in [0.25, 0.3) is 0 Å². The molecule has 0 spiro atoms. The summed E-state index contributed by atoms with van der Waals surface area (Å²) in [5.41, 5.74) is 0. The lowest BCUT2D eigenvalue weighted by atomic mass is 9.71. The average Bonchev–Trinajstić information content (AvgIpc) is 2.60. The van der Waals surface area contributed by atoms with Crippen LogP contribution in [-0.4, -0.2) is 49.4 Å². The first-order valence-corrected chi connectivity index (χ1v) is 10.7. The highest BCUT2D eigenvalue weighted by Gasteiger charge is 2.56. The second kappa shape index (κ2) is 9.65. The van der Waals surface area contributed by atoms with Gasteiger partial charge < -0.3 is 4.74 Å². The normalized spacial score (nSPS) is 43.1. The van der Waals surface area contributed by atoms with Gasteiger partial charge in [0.1, 0.15) is 30.6 Å². The quantitative estimate of drug-likeness (QED) is 0.421. The van der Waals surface area contributed by atoms with Crippen LogP contribution in [-0.2, 0) is 9.47 Å². The minimum Gasteiger partial charge on any atom is -0.317 e. The molecule has 0 aromatic carbocycles. The monoisotopic (exact) mass is 470 g/mol. The Kier molecular flexibility index (Phi) is 7.76. The fourth-order valence-electron chi connectivity index (χ4n) is 5.39. The van der Waals surface area contributed by atoms with E-state index in [4.69, 9.17) is 0 Å². The van der Waals surface area contributed by atoms with E-state index in [0.717, 1.165) is 0 Å². The van der Waals surface area contributed by atoms with Gasteiger partial charge in [0.25, 0.3) is 0 Å². The molecule has 2 nitrogen and oxygen atoms in total. The molecule has 0 aliphatic heterocycles. The van der Waals surface area contributed by atoms with Crippen LogP contribution in [0.15, 0.2) is 0 Å². The predicted molar refractivity (Wildman–Crippen MR) is 92.4 cm³/mol. The third-order valence-electron chi connectivity index (χ3n) is 6.85. The van der Waals surface area contributed by atoms with E-state index in [2.05, 4.69) is 9.47 Å². The van der Waals surface area contributed by atoms with E-state index < -0.39 is 74.0 Å². The maximum Gasteiger partial charge on any atom is 0.522 e. The van der Waals surface area contributed by atoms with Crippen LogP contribution < -0.4 is 0 Å². The molecule has 3 saturated carbocycles. The minimum atomic E-state index is -4.72. The molecular weight excluding hydrogens is 443 g/mol. The second-order valence-electron chi connectivity index (χ2n) is 9.02. The van der Waals surface area contributed by atoms with Gasteiger partial charge in [-0.15, -0.1) is 13.2 Å². The molecule has 5 atom stereocenters.